The van der Waals surface area contributed by atoms with Crippen LogP contribution in [0.15, 0.2) is 6.20 Å². The zero-order valence-corrected chi connectivity index (χ0v) is 11.2. The average molecular weight is 256 g/mol. The molecule has 2 atom stereocenters. The Morgan fingerprint density at radius 1 is 1.53 bits per heavy atom. The number of morpholine rings is 1. The summed E-state index contributed by atoms with van der Waals surface area (Å²) in [5.41, 5.74) is 1.89. The van der Waals surface area contributed by atoms with Crippen molar-refractivity contribution in [1.82, 2.24) is 9.97 Å². The predicted molar refractivity (Wildman–Crippen MR) is 68.8 cm³/mol. The number of aromatic nitrogens is 2. The second-order valence-corrected chi connectivity index (χ2v) is 4.84. The maximum atomic E-state index is 5.86. The highest BCUT2D eigenvalue weighted by molar-refractivity contribution is 6.18. The highest BCUT2D eigenvalue weighted by Gasteiger charge is 2.27. The van der Waals surface area contributed by atoms with Crippen molar-refractivity contribution in [3.63, 3.8) is 0 Å². The monoisotopic (exact) mass is 255 g/mol. The molecule has 2 unspecified atom stereocenters. The standard InChI is InChI=1S/C12H18ClN3O/c1-8-5-14-10(3)12(15-8)16-6-11(4-13)17-7-9(16)2/h5,9,11H,4,6-7H2,1-3H3. The van der Waals surface area contributed by atoms with Gasteiger partial charge in [0.05, 0.1) is 36.0 Å². The van der Waals surface area contributed by atoms with Crippen LogP contribution in [0, 0.1) is 13.8 Å². The Balaban J connectivity index is 2.27. The molecule has 0 aliphatic carbocycles. The summed E-state index contributed by atoms with van der Waals surface area (Å²) in [5, 5.41) is 0. The van der Waals surface area contributed by atoms with E-state index in [4.69, 9.17) is 16.3 Å². The van der Waals surface area contributed by atoms with E-state index in [9.17, 15) is 0 Å². The number of aryl methyl sites for hydroxylation is 2. The second-order valence-electron chi connectivity index (χ2n) is 4.53. The Morgan fingerprint density at radius 2 is 2.29 bits per heavy atom. The van der Waals surface area contributed by atoms with Gasteiger partial charge in [-0.05, 0) is 20.8 Å². The third kappa shape index (κ3) is 2.69. The minimum absolute atomic E-state index is 0.0783. The Kier molecular flexibility index (Phi) is 3.84. The van der Waals surface area contributed by atoms with Gasteiger partial charge in [-0.2, -0.15) is 0 Å². The van der Waals surface area contributed by atoms with Gasteiger partial charge >= 0.3 is 0 Å². The Morgan fingerprint density at radius 3 is 3.00 bits per heavy atom. The van der Waals surface area contributed by atoms with Crippen molar-refractivity contribution in [2.45, 2.75) is 32.9 Å². The van der Waals surface area contributed by atoms with E-state index in [0.717, 1.165) is 23.8 Å². The summed E-state index contributed by atoms with van der Waals surface area (Å²) in [6.07, 6.45) is 1.87. The Labute approximate surface area is 107 Å². The number of hydrogen-bond acceptors (Lipinski definition) is 4. The van der Waals surface area contributed by atoms with E-state index in [1.807, 2.05) is 13.8 Å². The van der Waals surface area contributed by atoms with Crippen LogP contribution < -0.4 is 4.90 Å². The van der Waals surface area contributed by atoms with Crippen LogP contribution in [0.2, 0.25) is 0 Å². The smallest absolute Gasteiger partial charge is 0.150 e. The van der Waals surface area contributed by atoms with Crippen molar-refractivity contribution in [3.05, 3.63) is 17.6 Å². The van der Waals surface area contributed by atoms with Gasteiger partial charge in [0.15, 0.2) is 5.82 Å². The molecule has 1 aromatic heterocycles. The quantitative estimate of drug-likeness (QED) is 0.757. The summed E-state index contributed by atoms with van der Waals surface area (Å²) in [6.45, 7) is 7.55. The molecule has 17 heavy (non-hydrogen) atoms. The Hall–Kier alpha value is -0.870. The molecule has 0 aromatic carbocycles. The molecule has 0 radical (unpaired) electrons. The first-order valence-corrected chi connectivity index (χ1v) is 6.39. The van der Waals surface area contributed by atoms with E-state index < -0.39 is 0 Å². The first kappa shape index (κ1) is 12.6. The molecule has 4 nitrogen and oxygen atoms in total. The fraction of sp³-hybridized carbons (Fsp3) is 0.667. The summed E-state index contributed by atoms with van der Waals surface area (Å²) in [5.74, 6) is 1.47. The number of alkyl halides is 1. The zero-order chi connectivity index (χ0) is 12.4. The van der Waals surface area contributed by atoms with Gasteiger partial charge in [-0.15, -0.1) is 11.6 Å². The summed E-state index contributed by atoms with van der Waals surface area (Å²) in [6, 6.07) is 0.310. The lowest BCUT2D eigenvalue weighted by Gasteiger charge is -2.38. The van der Waals surface area contributed by atoms with Crippen LogP contribution in [0.5, 0.6) is 0 Å². The SMILES string of the molecule is Cc1cnc(C)c(N2CC(CCl)OCC2C)n1. The van der Waals surface area contributed by atoms with Gasteiger partial charge in [0.1, 0.15) is 0 Å². The number of rotatable bonds is 2. The third-order valence-corrected chi connectivity index (χ3v) is 3.34. The van der Waals surface area contributed by atoms with Crippen molar-refractivity contribution in [2.24, 2.45) is 0 Å². The molecular weight excluding hydrogens is 238 g/mol. The number of hydrogen-bond donors (Lipinski definition) is 0. The molecule has 94 valence electrons. The first-order valence-electron chi connectivity index (χ1n) is 5.86. The molecule has 2 rings (SSSR count). The molecule has 0 bridgehead atoms. The van der Waals surface area contributed by atoms with Crippen LogP contribution >= 0.6 is 11.6 Å². The Bertz CT molecular complexity index is 399. The molecule has 0 saturated carbocycles. The number of ether oxygens (including phenoxy) is 1. The molecule has 5 heteroatoms. The fourth-order valence-corrected chi connectivity index (χ4v) is 2.19. The summed E-state index contributed by atoms with van der Waals surface area (Å²) in [7, 11) is 0. The maximum Gasteiger partial charge on any atom is 0.150 e. The van der Waals surface area contributed by atoms with E-state index in [0.29, 0.717) is 18.5 Å². The van der Waals surface area contributed by atoms with Crippen LogP contribution in [0.4, 0.5) is 5.82 Å². The van der Waals surface area contributed by atoms with Crippen LogP contribution in [0.1, 0.15) is 18.3 Å². The maximum absolute atomic E-state index is 5.86. The molecule has 0 spiro atoms. The molecule has 1 saturated heterocycles. The number of anilines is 1. The lowest BCUT2D eigenvalue weighted by molar-refractivity contribution is 0.0360. The summed E-state index contributed by atoms with van der Waals surface area (Å²) >= 11 is 5.86. The van der Waals surface area contributed by atoms with Crippen LogP contribution in [0.3, 0.4) is 0 Å². The molecule has 0 N–H and O–H groups in total. The van der Waals surface area contributed by atoms with Crippen molar-refractivity contribution in [3.8, 4) is 0 Å². The minimum atomic E-state index is 0.0783. The van der Waals surface area contributed by atoms with Crippen LogP contribution in [0.25, 0.3) is 0 Å². The van der Waals surface area contributed by atoms with Crippen molar-refractivity contribution in [1.29, 1.82) is 0 Å². The van der Waals surface area contributed by atoms with E-state index >= 15 is 0 Å². The van der Waals surface area contributed by atoms with Gasteiger partial charge in [-0.1, -0.05) is 0 Å². The van der Waals surface area contributed by atoms with Gasteiger partial charge in [-0.25, -0.2) is 4.98 Å². The van der Waals surface area contributed by atoms with Gasteiger partial charge in [0.2, 0.25) is 0 Å². The second kappa shape index (κ2) is 5.19. The number of nitrogens with zero attached hydrogens (tertiary/aromatic N) is 3. The molecule has 1 aliphatic heterocycles. The predicted octanol–water partition coefficient (Wildman–Crippen LogP) is 1.93. The highest BCUT2D eigenvalue weighted by atomic mass is 35.5. The molecule has 1 aromatic rings. The fourth-order valence-electron chi connectivity index (χ4n) is 2.00. The largest absolute Gasteiger partial charge is 0.373 e. The van der Waals surface area contributed by atoms with Crippen molar-refractivity contribution in [2.75, 3.05) is 23.9 Å². The zero-order valence-electron chi connectivity index (χ0n) is 10.5. The van der Waals surface area contributed by atoms with E-state index in [-0.39, 0.29) is 6.10 Å². The van der Waals surface area contributed by atoms with Gasteiger partial charge in [0, 0.05) is 12.7 Å². The third-order valence-electron chi connectivity index (χ3n) is 3.00. The highest BCUT2D eigenvalue weighted by Crippen LogP contribution is 2.22. The van der Waals surface area contributed by atoms with E-state index in [2.05, 4.69) is 21.8 Å². The van der Waals surface area contributed by atoms with Crippen LogP contribution in [-0.4, -0.2) is 41.1 Å². The summed E-state index contributed by atoms with van der Waals surface area (Å²) < 4.78 is 5.64. The first-order chi connectivity index (χ1) is 8.11. The minimum Gasteiger partial charge on any atom is -0.373 e. The topological polar surface area (TPSA) is 38.2 Å². The number of halogens is 1. The van der Waals surface area contributed by atoms with Crippen molar-refractivity contribution < 1.29 is 4.74 Å². The lowest BCUT2D eigenvalue weighted by Crippen LogP contribution is -2.49. The molecule has 1 fully saturated rings. The van der Waals surface area contributed by atoms with Gasteiger partial charge in [0.25, 0.3) is 0 Å². The average Bonchev–Trinajstić information content (AvgIpc) is 2.33. The molecule has 2 heterocycles. The van der Waals surface area contributed by atoms with E-state index in [1.165, 1.54) is 0 Å². The van der Waals surface area contributed by atoms with Gasteiger partial charge < -0.3 is 9.64 Å². The lowest BCUT2D eigenvalue weighted by atomic mass is 10.2. The molecule has 1 aliphatic rings. The van der Waals surface area contributed by atoms with E-state index in [1.54, 1.807) is 6.20 Å². The normalized spacial score (nSPS) is 25.1. The summed E-state index contributed by atoms with van der Waals surface area (Å²) in [4.78, 5) is 11.2. The van der Waals surface area contributed by atoms with Gasteiger partial charge in [-0.3, -0.25) is 4.98 Å². The molecular formula is C12H18ClN3O. The van der Waals surface area contributed by atoms with Crippen LogP contribution in [-0.2, 0) is 4.74 Å². The van der Waals surface area contributed by atoms with Crippen molar-refractivity contribution >= 4 is 17.4 Å². The molecule has 0 amide bonds.